The maximum atomic E-state index is 12.0. The van der Waals surface area contributed by atoms with Crippen LogP contribution in [0.5, 0.6) is 0 Å². The number of hydrogen-bond donors (Lipinski definition) is 1. The van der Waals surface area contributed by atoms with E-state index in [0.717, 1.165) is 14.3 Å². The normalized spacial score (nSPS) is 10.3. The molecular weight excluding hydrogens is 336 g/mol. The van der Waals surface area contributed by atoms with E-state index in [9.17, 15) is 4.79 Å². The lowest BCUT2D eigenvalue weighted by molar-refractivity contribution is 0.0827. The summed E-state index contributed by atoms with van der Waals surface area (Å²) in [7, 11) is 3.47. The van der Waals surface area contributed by atoms with Gasteiger partial charge in [0.1, 0.15) is 0 Å². The first kappa shape index (κ1) is 14.9. The molecule has 0 fully saturated rings. The van der Waals surface area contributed by atoms with Crippen molar-refractivity contribution in [3.8, 4) is 0 Å². The van der Waals surface area contributed by atoms with Crippen LogP contribution in [0.2, 0.25) is 0 Å². The van der Waals surface area contributed by atoms with Gasteiger partial charge < -0.3 is 10.6 Å². The Balaban J connectivity index is 2.32. The minimum atomic E-state index is -0.0268. The van der Waals surface area contributed by atoms with Gasteiger partial charge in [-0.15, -0.1) is 0 Å². The van der Waals surface area contributed by atoms with Crippen molar-refractivity contribution in [2.24, 2.45) is 0 Å². The Morgan fingerprint density at radius 3 is 2.60 bits per heavy atom. The van der Waals surface area contributed by atoms with E-state index in [-0.39, 0.29) is 5.91 Å². The fraction of sp³-hybridized carbons (Fsp3) is 0.133. The predicted molar refractivity (Wildman–Crippen MR) is 87.1 cm³/mol. The zero-order chi connectivity index (χ0) is 14.7. The number of rotatable bonds is 3. The highest BCUT2D eigenvalue weighted by molar-refractivity contribution is 9.10. The third-order valence-corrected chi connectivity index (χ3v) is 4.25. The summed E-state index contributed by atoms with van der Waals surface area (Å²) in [5.41, 5.74) is 7.31. The summed E-state index contributed by atoms with van der Waals surface area (Å²) < 4.78 is 1.02. The molecule has 0 spiro atoms. The van der Waals surface area contributed by atoms with Gasteiger partial charge in [0, 0.05) is 39.6 Å². The number of nitrogens with two attached hydrogens (primary N) is 1. The number of carbonyl (C=O) groups excluding carboxylic acids is 1. The molecule has 2 N–H and O–H groups in total. The Morgan fingerprint density at radius 2 is 1.95 bits per heavy atom. The third kappa shape index (κ3) is 3.55. The Bertz CT molecular complexity index is 644. The summed E-state index contributed by atoms with van der Waals surface area (Å²) in [6, 6.07) is 13.3. The Morgan fingerprint density at radius 1 is 1.20 bits per heavy atom. The van der Waals surface area contributed by atoms with Gasteiger partial charge >= 0.3 is 0 Å². The molecule has 2 aromatic rings. The van der Waals surface area contributed by atoms with Gasteiger partial charge in [0.25, 0.3) is 5.91 Å². The fourth-order valence-electron chi connectivity index (χ4n) is 1.67. The minimum absolute atomic E-state index is 0.0268. The standard InChI is InChI=1S/C15H15BrN2OS/c1-18(2)15(19)10-6-7-13(17)14(8-10)20-12-5-3-4-11(16)9-12/h3-9H,17H2,1-2H3. The van der Waals surface area contributed by atoms with Crippen LogP contribution in [0.3, 0.4) is 0 Å². The van der Waals surface area contributed by atoms with Gasteiger partial charge in [-0.2, -0.15) is 0 Å². The molecule has 2 aromatic carbocycles. The molecule has 5 heteroatoms. The van der Waals surface area contributed by atoms with E-state index in [2.05, 4.69) is 15.9 Å². The molecule has 0 heterocycles. The quantitative estimate of drug-likeness (QED) is 0.854. The first-order valence-electron chi connectivity index (χ1n) is 6.02. The highest BCUT2D eigenvalue weighted by Crippen LogP contribution is 2.34. The number of halogens is 1. The fourth-order valence-corrected chi connectivity index (χ4v) is 3.18. The second kappa shape index (κ2) is 6.33. The minimum Gasteiger partial charge on any atom is -0.398 e. The molecule has 0 bridgehead atoms. The number of anilines is 1. The van der Waals surface area contributed by atoms with Crippen LogP contribution in [0, 0.1) is 0 Å². The molecule has 1 amide bonds. The molecule has 0 aliphatic carbocycles. The molecule has 3 nitrogen and oxygen atoms in total. The summed E-state index contributed by atoms with van der Waals surface area (Å²) in [6.45, 7) is 0. The first-order chi connectivity index (χ1) is 9.47. The predicted octanol–water partition coefficient (Wildman–Crippen LogP) is 3.88. The Hall–Kier alpha value is -1.46. The van der Waals surface area contributed by atoms with Crippen molar-refractivity contribution in [1.29, 1.82) is 0 Å². The van der Waals surface area contributed by atoms with E-state index in [0.29, 0.717) is 11.3 Å². The molecule has 104 valence electrons. The van der Waals surface area contributed by atoms with Crippen molar-refractivity contribution in [3.05, 3.63) is 52.5 Å². The number of nitrogen functional groups attached to an aromatic ring is 1. The van der Waals surface area contributed by atoms with Crippen LogP contribution in [0.1, 0.15) is 10.4 Å². The average molecular weight is 351 g/mol. The van der Waals surface area contributed by atoms with Crippen LogP contribution in [0.25, 0.3) is 0 Å². The molecular formula is C15H15BrN2OS. The highest BCUT2D eigenvalue weighted by Gasteiger charge is 2.11. The lowest BCUT2D eigenvalue weighted by Gasteiger charge is -2.12. The van der Waals surface area contributed by atoms with E-state index < -0.39 is 0 Å². The van der Waals surface area contributed by atoms with Crippen LogP contribution < -0.4 is 5.73 Å². The third-order valence-electron chi connectivity index (χ3n) is 2.69. The molecule has 0 aliphatic rings. The van der Waals surface area contributed by atoms with Crippen molar-refractivity contribution < 1.29 is 4.79 Å². The van der Waals surface area contributed by atoms with E-state index in [4.69, 9.17) is 5.73 Å². The Labute approximate surface area is 131 Å². The molecule has 20 heavy (non-hydrogen) atoms. The van der Waals surface area contributed by atoms with Gasteiger partial charge in [-0.1, -0.05) is 33.8 Å². The molecule has 0 aliphatic heterocycles. The van der Waals surface area contributed by atoms with Crippen molar-refractivity contribution in [2.75, 3.05) is 19.8 Å². The lowest BCUT2D eigenvalue weighted by Crippen LogP contribution is -2.21. The molecule has 0 saturated heterocycles. The lowest BCUT2D eigenvalue weighted by atomic mass is 10.2. The van der Waals surface area contributed by atoms with Gasteiger partial charge in [-0.05, 0) is 36.4 Å². The van der Waals surface area contributed by atoms with E-state index in [1.54, 1.807) is 42.9 Å². The van der Waals surface area contributed by atoms with Crippen molar-refractivity contribution >= 4 is 39.3 Å². The molecule has 0 unspecified atom stereocenters. The van der Waals surface area contributed by atoms with Crippen molar-refractivity contribution in [1.82, 2.24) is 4.90 Å². The van der Waals surface area contributed by atoms with E-state index in [1.165, 1.54) is 0 Å². The van der Waals surface area contributed by atoms with Gasteiger partial charge in [0.05, 0.1) is 0 Å². The number of benzene rings is 2. The van der Waals surface area contributed by atoms with Gasteiger partial charge in [-0.25, -0.2) is 0 Å². The Kier molecular flexibility index (Phi) is 4.73. The molecule has 0 saturated carbocycles. The topological polar surface area (TPSA) is 46.3 Å². The van der Waals surface area contributed by atoms with Crippen LogP contribution in [-0.4, -0.2) is 24.9 Å². The maximum Gasteiger partial charge on any atom is 0.253 e. The zero-order valence-corrected chi connectivity index (χ0v) is 13.7. The van der Waals surface area contributed by atoms with Crippen LogP contribution in [-0.2, 0) is 0 Å². The highest BCUT2D eigenvalue weighted by atomic mass is 79.9. The van der Waals surface area contributed by atoms with Crippen molar-refractivity contribution in [2.45, 2.75) is 9.79 Å². The van der Waals surface area contributed by atoms with Gasteiger partial charge in [-0.3, -0.25) is 4.79 Å². The smallest absolute Gasteiger partial charge is 0.253 e. The van der Waals surface area contributed by atoms with E-state index in [1.807, 2.05) is 30.3 Å². The van der Waals surface area contributed by atoms with Gasteiger partial charge in [0.2, 0.25) is 0 Å². The number of nitrogens with zero attached hydrogens (tertiary/aromatic N) is 1. The zero-order valence-electron chi connectivity index (χ0n) is 11.3. The summed E-state index contributed by atoms with van der Waals surface area (Å²) in [6.07, 6.45) is 0. The SMILES string of the molecule is CN(C)C(=O)c1ccc(N)c(Sc2cccc(Br)c2)c1. The second-order valence-electron chi connectivity index (χ2n) is 4.51. The largest absolute Gasteiger partial charge is 0.398 e. The van der Waals surface area contributed by atoms with Crippen LogP contribution in [0.4, 0.5) is 5.69 Å². The van der Waals surface area contributed by atoms with Crippen LogP contribution in [0.15, 0.2) is 56.7 Å². The number of hydrogen-bond acceptors (Lipinski definition) is 3. The van der Waals surface area contributed by atoms with Crippen molar-refractivity contribution in [3.63, 3.8) is 0 Å². The van der Waals surface area contributed by atoms with E-state index >= 15 is 0 Å². The maximum absolute atomic E-state index is 12.0. The van der Waals surface area contributed by atoms with Gasteiger partial charge in [0.15, 0.2) is 0 Å². The second-order valence-corrected chi connectivity index (χ2v) is 6.54. The summed E-state index contributed by atoms with van der Waals surface area (Å²) in [5.74, 6) is -0.0268. The number of carbonyl (C=O) groups is 1. The van der Waals surface area contributed by atoms with Crippen LogP contribution >= 0.6 is 27.7 Å². The molecule has 0 radical (unpaired) electrons. The molecule has 2 rings (SSSR count). The molecule has 0 aromatic heterocycles. The first-order valence-corrected chi connectivity index (χ1v) is 7.63. The number of amides is 1. The molecule has 0 atom stereocenters. The summed E-state index contributed by atoms with van der Waals surface area (Å²) in [5, 5.41) is 0. The average Bonchev–Trinajstić information content (AvgIpc) is 2.40. The summed E-state index contributed by atoms with van der Waals surface area (Å²) >= 11 is 4.99. The summed E-state index contributed by atoms with van der Waals surface area (Å²) in [4.78, 5) is 15.5. The monoisotopic (exact) mass is 350 g/mol.